The van der Waals surface area contributed by atoms with Crippen LogP contribution < -0.4 is 0 Å². The molecule has 0 atom stereocenters. The standard InChI is InChI=1S/C14H17ClO4/c1-3-18-13(16)12(14(17)19-4-2)11-7-5-10(9-15)6-8-11/h5-8,12H,3-4,9H2,1-2H3. The third-order valence-corrected chi connectivity index (χ3v) is 2.82. The fourth-order valence-electron chi connectivity index (χ4n) is 1.62. The van der Waals surface area contributed by atoms with Crippen molar-refractivity contribution in [3.05, 3.63) is 35.4 Å². The Hall–Kier alpha value is -1.55. The van der Waals surface area contributed by atoms with Crippen molar-refractivity contribution in [2.45, 2.75) is 25.6 Å². The normalized spacial score (nSPS) is 10.3. The molecule has 1 rings (SSSR count). The van der Waals surface area contributed by atoms with Crippen molar-refractivity contribution >= 4 is 23.5 Å². The summed E-state index contributed by atoms with van der Waals surface area (Å²) in [5, 5.41) is 0. The highest BCUT2D eigenvalue weighted by molar-refractivity contribution is 6.17. The van der Waals surface area contributed by atoms with E-state index < -0.39 is 17.9 Å². The molecule has 104 valence electrons. The molecule has 0 saturated heterocycles. The van der Waals surface area contributed by atoms with E-state index in [1.165, 1.54) is 0 Å². The Morgan fingerprint density at radius 2 is 1.53 bits per heavy atom. The molecule has 0 unspecified atom stereocenters. The van der Waals surface area contributed by atoms with Gasteiger partial charge in [0.05, 0.1) is 13.2 Å². The van der Waals surface area contributed by atoms with Gasteiger partial charge in [0, 0.05) is 5.88 Å². The fourth-order valence-corrected chi connectivity index (χ4v) is 1.80. The summed E-state index contributed by atoms with van der Waals surface area (Å²) in [7, 11) is 0. The number of carbonyl (C=O) groups excluding carboxylic acids is 2. The summed E-state index contributed by atoms with van der Waals surface area (Å²) in [6, 6.07) is 6.92. The van der Waals surface area contributed by atoms with Crippen molar-refractivity contribution in [3.63, 3.8) is 0 Å². The van der Waals surface area contributed by atoms with E-state index in [0.717, 1.165) is 5.56 Å². The summed E-state index contributed by atoms with van der Waals surface area (Å²) in [6.45, 7) is 3.82. The molecule has 0 aliphatic carbocycles. The number of rotatable bonds is 6. The second-order valence-electron chi connectivity index (χ2n) is 3.81. The van der Waals surface area contributed by atoms with Crippen molar-refractivity contribution in [1.82, 2.24) is 0 Å². The molecule has 0 N–H and O–H groups in total. The number of hydrogen-bond donors (Lipinski definition) is 0. The average Bonchev–Trinajstić information content (AvgIpc) is 2.40. The molecule has 0 saturated carbocycles. The number of esters is 2. The Morgan fingerprint density at radius 3 is 1.89 bits per heavy atom. The minimum atomic E-state index is -1.04. The Kier molecular flexibility index (Phi) is 6.36. The number of ether oxygens (including phenoxy) is 2. The molecule has 4 nitrogen and oxygen atoms in total. The predicted molar refractivity (Wildman–Crippen MR) is 72.0 cm³/mol. The van der Waals surface area contributed by atoms with Crippen molar-refractivity contribution in [1.29, 1.82) is 0 Å². The van der Waals surface area contributed by atoms with Crippen LogP contribution in [0.4, 0.5) is 0 Å². The number of alkyl halides is 1. The first kappa shape index (κ1) is 15.5. The van der Waals surface area contributed by atoms with Crippen LogP contribution in [0.2, 0.25) is 0 Å². The number of halogens is 1. The van der Waals surface area contributed by atoms with Gasteiger partial charge in [-0.15, -0.1) is 11.6 Å². The molecule has 0 radical (unpaired) electrons. The second-order valence-corrected chi connectivity index (χ2v) is 4.08. The van der Waals surface area contributed by atoms with Gasteiger partial charge in [0.2, 0.25) is 0 Å². The lowest BCUT2D eigenvalue weighted by molar-refractivity contribution is -0.156. The quantitative estimate of drug-likeness (QED) is 0.458. The lowest BCUT2D eigenvalue weighted by Gasteiger charge is -2.14. The van der Waals surface area contributed by atoms with Crippen LogP contribution in [0.1, 0.15) is 30.9 Å². The van der Waals surface area contributed by atoms with Crippen LogP contribution in [0.15, 0.2) is 24.3 Å². The van der Waals surface area contributed by atoms with Crippen molar-refractivity contribution < 1.29 is 19.1 Å². The van der Waals surface area contributed by atoms with Gasteiger partial charge >= 0.3 is 11.9 Å². The summed E-state index contributed by atoms with van der Waals surface area (Å²) in [5.41, 5.74) is 1.46. The van der Waals surface area contributed by atoms with Crippen LogP contribution in [-0.4, -0.2) is 25.2 Å². The zero-order valence-corrected chi connectivity index (χ0v) is 11.8. The molecule has 5 heteroatoms. The van der Waals surface area contributed by atoms with E-state index in [-0.39, 0.29) is 13.2 Å². The van der Waals surface area contributed by atoms with Gasteiger partial charge in [-0.1, -0.05) is 24.3 Å². The zero-order valence-electron chi connectivity index (χ0n) is 11.0. The van der Waals surface area contributed by atoms with Crippen molar-refractivity contribution in [2.24, 2.45) is 0 Å². The van der Waals surface area contributed by atoms with Gasteiger partial charge in [-0.3, -0.25) is 9.59 Å². The molecular formula is C14H17ClO4. The van der Waals surface area contributed by atoms with Crippen molar-refractivity contribution in [2.75, 3.05) is 13.2 Å². The van der Waals surface area contributed by atoms with Gasteiger partial charge < -0.3 is 9.47 Å². The highest BCUT2D eigenvalue weighted by Crippen LogP contribution is 2.20. The maximum absolute atomic E-state index is 11.9. The monoisotopic (exact) mass is 284 g/mol. The first-order valence-corrected chi connectivity index (χ1v) is 6.65. The summed E-state index contributed by atoms with van der Waals surface area (Å²) in [4.78, 5) is 23.7. The zero-order chi connectivity index (χ0) is 14.3. The molecule has 19 heavy (non-hydrogen) atoms. The van der Waals surface area contributed by atoms with Crippen LogP contribution in [0.5, 0.6) is 0 Å². The van der Waals surface area contributed by atoms with E-state index >= 15 is 0 Å². The third-order valence-electron chi connectivity index (χ3n) is 2.51. The lowest BCUT2D eigenvalue weighted by atomic mass is 9.98. The van der Waals surface area contributed by atoms with Crippen LogP contribution in [0.25, 0.3) is 0 Å². The van der Waals surface area contributed by atoms with E-state index in [0.29, 0.717) is 11.4 Å². The van der Waals surface area contributed by atoms with Gasteiger partial charge in [-0.05, 0) is 25.0 Å². The molecule has 0 fully saturated rings. The van der Waals surface area contributed by atoms with Crippen molar-refractivity contribution in [3.8, 4) is 0 Å². The fraction of sp³-hybridized carbons (Fsp3) is 0.429. The predicted octanol–water partition coefficient (Wildman–Crippen LogP) is 2.64. The molecule has 0 amide bonds. The summed E-state index contributed by atoms with van der Waals surface area (Å²) in [6.07, 6.45) is 0. The highest BCUT2D eigenvalue weighted by Gasteiger charge is 2.31. The van der Waals surface area contributed by atoms with E-state index in [1.807, 2.05) is 0 Å². The van der Waals surface area contributed by atoms with Gasteiger partial charge in [-0.25, -0.2) is 0 Å². The summed E-state index contributed by atoms with van der Waals surface area (Å²) < 4.78 is 9.83. The van der Waals surface area contributed by atoms with Gasteiger partial charge in [0.15, 0.2) is 5.92 Å². The molecule has 0 aliphatic heterocycles. The largest absolute Gasteiger partial charge is 0.465 e. The van der Waals surface area contributed by atoms with E-state index in [4.69, 9.17) is 21.1 Å². The molecule has 0 heterocycles. The van der Waals surface area contributed by atoms with E-state index in [9.17, 15) is 9.59 Å². The van der Waals surface area contributed by atoms with Gasteiger partial charge in [-0.2, -0.15) is 0 Å². The Morgan fingerprint density at radius 1 is 1.05 bits per heavy atom. The molecule has 0 aromatic heterocycles. The molecule has 1 aromatic carbocycles. The molecule has 0 spiro atoms. The van der Waals surface area contributed by atoms with E-state index in [1.54, 1.807) is 38.1 Å². The molecular weight excluding hydrogens is 268 g/mol. The van der Waals surface area contributed by atoms with Gasteiger partial charge in [0.25, 0.3) is 0 Å². The average molecular weight is 285 g/mol. The second kappa shape index (κ2) is 7.79. The molecule has 1 aromatic rings. The van der Waals surface area contributed by atoms with E-state index in [2.05, 4.69) is 0 Å². The first-order chi connectivity index (χ1) is 9.13. The SMILES string of the molecule is CCOC(=O)C(C(=O)OCC)c1ccc(CCl)cc1. The minimum Gasteiger partial charge on any atom is -0.465 e. The maximum atomic E-state index is 11.9. The van der Waals surface area contributed by atoms with Crippen LogP contribution >= 0.6 is 11.6 Å². The minimum absolute atomic E-state index is 0.217. The number of benzene rings is 1. The Balaban J connectivity index is 3.00. The first-order valence-electron chi connectivity index (χ1n) is 6.12. The smallest absolute Gasteiger partial charge is 0.324 e. The highest BCUT2D eigenvalue weighted by atomic mass is 35.5. The van der Waals surface area contributed by atoms with Crippen LogP contribution in [-0.2, 0) is 24.9 Å². The third kappa shape index (κ3) is 4.24. The molecule has 0 bridgehead atoms. The summed E-state index contributed by atoms with van der Waals surface area (Å²) in [5.74, 6) is -1.85. The summed E-state index contributed by atoms with van der Waals surface area (Å²) >= 11 is 5.70. The number of carbonyl (C=O) groups is 2. The topological polar surface area (TPSA) is 52.6 Å². The Labute approximate surface area is 117 Å². The molecule has 0 aliphatic rings. The number of hydrogen-bond acceptors (Lipinski definition) is 4. The van der Waals surface area contributed by atoms with Crippen LogP contribution in [0.3, 0.4) is 0 Å². The van der Waals surface area contributed by atoms with Crippen LogP contribution in [0, 0.1) is 0 Å². The maximum Gasteiger partial charge on any atom is 0.324 e. The van der Waals surface area contributed by atoms with Gasteiger partial charge in [0.1, 0.15) is 0 Å². The Bertz CT molecular complexity index is 410. The lowest BCUT2D eigenvalue weighted by Crippen LogP contribution is -2.26.